The Morgan fingerprint density at radius 1 is 1.18 bits per heavy atom. The molecule has 0 saturated heterocycles. The lowest BCUT2D eigenvalue weighted by Crippen LogP contribution is -2.28. The number of methoxy groups -OCH3 is 1. The van der Waals surface area contributed by atoms with Crippen LogP contribution in [0.4, 0.5) is 0 Å². The molecule has 0 aliphatic rings. The molecule has 28 heavy (non-hydrogen) atoms. The molecule has 146 valence electrons. The van der Waals surface area contributed by atoms with Crippen molar-refractivity contribution in [2.75, 3.05) is 12.9 Å². The summed E-state index contributed by atoms with van der Waals surface area (Å²) in [5.41, 5.74) is 3.30. The highest BCUT2D eigenvalue weighted by molar-refractivity contribution is 7.99. The third-order valence-corrected chi connectivity index (χ3v) is 5.41. The molecule has 7 heteroatoms. The smallest absolute Gasteiger partial charge is 0.230 e. The molecule has 0 saturated carbocycles. The van der Waals surface area contributed by atoms with E-state index >= 15 is 0 Å². The van der Waals surface area contributed by atoms with Crippen LogP contribution in [0.2, 0.25) is 0 Å². The number of nitrogens with one attached hydrogen (secondary N) is 1. The van der Waals surface area contributed by atoms with Crippen molar-refractivity contribution in [3.63, 3.8) is 0 Å². The van der Waals surface area contributed by atoms with Gasteiger partial charge in [-0.15, -0.1) is 10.2 Å². The van der Waals surface area contributed by atoms with Gasteiger partial charge >= 0.3 is 0 Å². The van der Waals surface area contributed by atoms with Gasteiger partial charge in [0.25, 0.3) is 0 Å². The molecule has 0 aliphatic heterocycles. The van der Waals surface area contributed by atoms with E-state index in [1.807, 2.05) is 35.8 Å². The molecule has 0 radical (unpaired) electrons. The average Bonchev–Trinajstić information content (AvgIpc) is 3.21. The number of thioether (sulfide) groups is 1. The van der Waals surface area contributed by atoms with Gasteiger partial charge in [0.05, 0.1) is 18.9 Å². The molecule has 1 N–H and O–H groups in total. The first-order chi connectivity index (χ1) is 13.6. The van der Waals surface area contributed by atoms with Crippen molar-refractivity contribution in [1.82, 2.24) is 20.1 Å². The SMILES string of the molecule is CCc1ccc(C(C)NC(=O)CSc2nncn2-c2ccc(OC)cc2)cc1. The second kappa shape index (κ2) is 9.41. The fraction of sp³-hybridized carbons (Fsp3) is 0.286. The van der Waals surface area contributed by atoms with Crippen LogP contribution in [0.5, 0.6) is 5.75 Å². The van der Waals surface area contributed by atoms with E-state index in [0.717, 1.165) is 23.4 Å². The lowest BCUT2D eigenvalue weighted by atomic mass is 10.1. The minimum atomic E-state index is -0.0431. The van der Waals surface area contributed by atoms with Crippen molar-refractivity contribution in [3.8, 4) is 11.4 Å². The number of nitrogens with zero attached hydrogens (tertiary/aromatic N) is 3. The summed E-state index contributed by atoms with van der Waals surface area (Å²) in [5.74, 6) is 1.01. The van der Waals surface area contributed by atoms with Gasteiger partial charge in [-0.05, 0) is 48.7 Å². The number of benzene rings is 2. The Morgan fingerprint density at radius 2 is 1.89 bits per heavy atom. The van der Waals surface area contributed by atoms with E-state index in [1.54, 1.807) is 13.4 Å². The molecule has 1 amide bonds. The van der Waals surface area contributed by atoms with Gasteiger partial charge in [-0.3, -0.25) is 9.36 Å². The molecule has 1 aromatic heterocycles. The minimum absolute atomic E-state index is 0.0404. The van der Waals surface area contributed by atoms with Crippen LogP contribution in [0.1, 0.15) is 31.0 Å². The molecule has 0 aliphatic carbocycles. The molecule has 0 fully saturated rings. The van der Waals surface area contributed by atoms with Crippen LogP contribution in [-0.2, 0) is 11.2 Å². The Balaban J connectivity index is 1.58. The molecule has 3 aromatic rings. The van der Waals surface area contributed by atoms with Gasteiger partial charge in [0.15, 0.2) is 5.16 Å². The number of aryl methyl sites for hydroxylation is 1. The number of carbonyl (C=O) groups is 1. The number of ether oxygens (including phenoxy) is 1. The van der Waals surface area contributed by atoms with Crippen molar-refractivity contribution in [3.05, 3.63) is 66.0 Å². The number of amides is 1. The molecular formula is C21H24N4O2S. The highest BCUT2D eigenvalue weighted by Crippen LogP contribution is 2.22. The number of aromatic nitrogens is 3. The number of rotatable bonds is 8. The quantitative estimate of drug-likeness (QED) is 0.587. The van der Waals surface area contributed by atoms with Crippen LogP contribution >= 0.6 is 11.8 Å². The van der Waals surface area contributed by atoms with Gasteiger partial charge in [-0.2, -0.15) is 0 Å². The van der Waals surface area contributed by atoms with Crippen molar-refractivity contribution in [2.45, 2.75) is 31.5 Å². The zero-order valence-corrected chi connectivity index (χ0v) is 17.1. The van der Waals surface area contributed by atoms with Crippen LogP contribution in [0.3, 0.4) is 0 Å². The highest BCUT2D eigenvalue weighted by Gasteiger charge is 2.13. The van der Waals surface area contributed by atoms with Gasteiger partial charge in [0.2, 0.25) is 5.91 Å². The van der Waals surface area contributed by atoms with E-state index in [9.17, 15) is 4.79 Å². The van der Waals surface area contributed by atoms with Crippen LogP contribution in [-0.4, -0.2) is 33.5 Å². The van der Waals surface area contributed by atoms with Gasteiger partial charge in [0.1, 0.15) is 12.1 Å². The average molecular weight is 397 g/mol. The Bertz CT molecular complexity index is 907. The van der Waals surface area contributed by atoms with Gasteiger partial charge < -0.3 is 10.1 Å². The van der Waals surface area contributed by atoms with Crippen molar-refractivity contribution >= 4 is 17.7 Å². The predicted molar refractivity (Wildman–Crippen MR) is 111 cm³/mol. The Morgan fingerprint density at radius 3 is 2.54 bits per heavy atom. The third-order valence-electron chi connectivity index (χ3n) is 4.46. The zero-order chi connectivity index (χ0) is 19.9. The van der Waals surface area contributed by atoms with Crippen molar-refractivity contribution < 1.29 is 9.53 Å². The van der Waals surface area contributed by atoms with Crippen molar-refractivity contribution in [1.29, 1.82) is 0 Å². The molecule has 2 aromatic carbocycles. The lowest BCUT2D eigenvalue weighted by Gasteiger charge is -2.14. The Kier molecular flexibility index (Phi) is 6.71. The van der Waals surface area contributed by atoms with E-state index in [-0.39, 0.29) is 17.7 Å². The summed E-state index contributed by atoms with van der Waals surface area (Å²) in [5, 5.41) is 11.8. The summed E-state index contributed by atoms with van der Waals surface area (Å²) >= 11 is 1.36. The van der Waals surface area contributed by atoms with Gasteiger partial charge in [-0.1, -0.05) is 43.0 Å². The molecule has 6 nitrogen and oxygen atoms in total. The predicted octanol–water partition coefficient (Wildman–Crippen LogP) is 3.81. The van der Waals surface area contributed by atoms with Crippen LogP contribution in [0.15, 0.2) is 60.0 Å². The Hall–Kier alpha value is -2.80. The maximum absolute atomic E-state index is 12.4. The first-order valence-corrected chi connectivity index (χ1v) is 10.1. The Labute approximate surface area is 169 Å². The van der Waals surface area contributed by atoms with Gasteiger partial charge in [-0.25, -0.2) is 0 Å². The summed E-state index contributed by atoms with van der Waals surface area (Å²) in [4.78, 5) is 12.4. The first kappa shape index (κ1) is 19.9. The molecule has 0 spiro atoms. The van der Waals surface area contributed by atoms with E-state index < -0.39 is 0 Å². The van der Waals surface area contributed by atoms with Crippen molar-refractivity contribution in [2.24, 2.45) is 0 Å². The van der Waals surface area contributed by atoms with E-state index in [1.165, 1.54) is 17.3 Å². The molecule has 0 bridgehead atoms. The number of hydrogen-bond donors (Lipinski definition) is 1. The fourth-order valence-electron chi connectivity index (χ4n) is 2.78. The summed E-state index contributed by atoms with van der Waals surface area (Å²) in [7, 11) is 1.63. The largest absolute Gasteiger partial charge is 0.497 e. The van der Waals surface area contributed by atoms with Crippen LogP contribution in [0.25, 0.3) is 5.69 Å². The first-order valence-electron chi connectivity index (χ1n) is 9.16. The van der Waals surface area contributed by atoms with Crippen LogP contribution < -0.4 is 10.1 Å². The molecular weight excluding hydrogens is 372 g/mol. The zero-order valence-electron chi connectivity index (χ0n) is 16.3. The van der Waals surface area contributed by atoms with Crippen LogP contribution in [0, 0.1) is 0 Å². The number of hydrogen-bond acceptors (Lipinski definition) is 5. The standard InChI is InChI=1S/C21H24N4O2S/c1-4-16-5-7-17(8-6-16)15(2)23-20(26)13-28-21-24-22-14-25(21)18-9-11-19(27-3)12-10-18/h5-12,14-15H,4,13H2,1-3H3,(H,23,26). The maximum Gasteiger partial charge on any atom is 0.230 e. The maximum atomic E-state index is 12.4. The molecule has 3 rings (SSSR count). The highest BCUT2D eigenvalue weighted by atomic mass is 32.2. The van der Waals surface area contributed by atoms with Gasteiger partial charge in [0, 0.05) is 5.69 Å². The van der Waals surface area contributed by atoms with E-state index in [2.05, 4.69) is 46.7 Å². The minimum Gasteiger partial charge on any atom is -0.497 e. The second-order valence-electron chi connectivity index (χ2n) is 6.35. The summed E-state index contributed by atoms with van der Waals surface area (Å²) in [6, 6.07) is 15.9. The fourth-order valence-corrected chi connectivity index (χ4v) is 3.52. The second-order valence-corrected chi connectivity index (χ2v) is 7.30. The summed E-state index contributed by atoms with van der Waals surface area (Å²) in [6.45, 7) is 4.12. The normalized spacial score (nSPS) is 11.8. The molecule has 1 heterocycles. The van der Waals surface area contributed by atoms with E-state index in [4.69, 9.17) is 4.74 Å². The lowest BCUT2D eigenvalue weighted by molar-refractivity contribution is -0.119. The summed E-state index contributed by atoms with van der Waals surface area (Å²) in [6.07, 6.45) is 2.65. The topological polar surface area (TPSA) is 69.0 Å². The molecule has 1 unspecified atom stereocenters. The third kappa shape index (κ3) is 4.92. The summed E-state index contributed by atoms with van der Waals surface area (Å²) < 4.78 is 7.03. The van der Waals surface area contributed by atoms with E-state index in [0.29, 0.717) is 5.16 Å². The monoisotopic (exact) mass is 396 g/mol. The number of carbonyl (C=O) groups excluding carboxylic acids is 1. The molecule has 1 atom stereocenters.